The quantitative estimate of drug-likeness (QED) is 0.492. The molecule has 7 atom stereocenters. The number of fused-ring (bicyclic) bond motifs is 5. The van der Waals surface area contributed by atoms with E-state index < -0.39 is 17.0 Å². The summed E-state index contributed by atoms with van der Waals surface area (Å²) in [7, 11) is 0. The number of hydrogen-bond acceptors (Lipinski definition) is 0. The zero-order chi connectivity index (χ0) is 17.4. The Morgan fingerprint density at radius 1 is 0.875 bits per heavy atom. The first-order valence-corrected chi connectivity index (χ1v) is 10.3. The Morgan fingerprint density at radius 2 is 1.58 bits per heavy atom. The van der Waals surface area contributed by atoms with Crippen LogP contribution in [0.4, 0.5) is 13.2 Å². The third kappa shape index (κ3) is 1.88. The largest absolute Gasteiger partial charge is 0.282 e. The Balaban J connectivity index is 1.74. The molecule has 0 bridgehead atoms. The van der Waals surface area contributed by atoms with Gasteiger partial charge in [-0.3, -0.25) is 0 Å². The van der Waals surface area contributed by atoms with E-state index in [4.69, 9.17) is 0 Å². The fourth-order valence-electron chi connectivity index (χ4n) is 8.02. The molecule has 0 radical (unpaired) electrons. The van der Waals surface area contributed by atoms with E-state index in [1.165, 1.54) is 6.42 Å². The normalized spacial score (nSPS) is 56.2. The lowest BCUT2D eigenvalue weighted by Crippen LogP contribution is -2.67. The van der Waals surface area contributed by atoms with Crippen LogP contribution in [0.15, 0.2) is 0 Å². The monoisotopic (exact) mass is 342 g/mol. The van der Waals surface area contributed by atoms with Gasteiger partial charge in [0.2, 0.25) is 0 Å². The highest BCUT2D eigenvalue weighted by Gasteiger charge is 2.74. The van der Waals surface area contributed by atoms with Crippen LogP contribution in [0.25, 0.3) is 0 Å². The molecule has 4 aliphatic carbocycles. The summed E-state index contributed by atoms with van der Waals surface area (Å²) >= 11 is 0. The van der Waals surface area contributed by atoms with Gasteiger partial charge in [0.1, 0.15) is 0 Å². The van der Waals surface area contributed by atoms with Gasteiger partial charge in [-0.25, -0.2) is 13.2 Å². The molecule has 0 aromatic heterocycles. The van der Waals surface area contributed by atoms with Gasteiger partial charge < -0.3 is 0 Å². The van der Waals surface area contributed by atoms with Crippen LogP contribution in [0.5, 0.6) is 0 Å². The third-order valence-electron chi connectivity index (χ3n) is 9.39. The zero-order valence-corrected chi connectivity index (χ0v) is 15.5. The highest BCUT2D eigenvalue weighted by molar-refractivity contribution is 5.18. The first kappa shape index (κ1) is 17.2. The molecule has 138 valence electrons. The van der Waals surface area contributed by atoms with Crippen molar-refractivity contribution in [2.75, 3.05) is 0 Å². The molecule has 0 aromatic carbocycles. The van der Waals surface area contributed by atoms with E-state index in [9.17, 15) is 0 Å². The van der Waals surface area contributed by atoms with Gasteiger partial charge >= 0.3 is 0 Å². The SMILES string of the molecule is CC[C@H]1CC[C@H]2[C@@H]3CC(F)(F)C4(F)CCCC[C@]4(C)[C@H]3CC[C@]12C. The lowest BCUT2D eigenvalue weighted by molar-refractivity contribution is -0.284. The van der Waals surface area contributed by atoms with Gasteiger partial charge in [0.05, 0.1) is 0 Å². The van der Waals surface area contributed by atoms with Crippen LogP contribution in [0.1, 0.15) is 85.0 Å². The van der Waals surface area contributed by atoms with E-state index in [2.05, 4.69) is 13.8 Å². The molecule has 0 spiro atoms. The molecular formula is C21H33F3. The van der Waals surface area contributed by atoms with Gasteiger partial charge in [-0.05, 0) is 74.0 Å². The average molecular weight is 342 g/mol. The molecule has 0 N–H and O–H groups in total. The highest BCUT2D eigenvalue weighted by atomic mass is 19.3. The van der Waals surface area contributed by atoms with Crippen molar-refractivity contribution in [2.45, 2.75) is 96.6 Å². The van der Waals surface area contributed by atoms with Crippen molar-refractivity contribution < 1.29 is 13.2 Å². The van der Waals surface area contributed by atoms with E-state index in [1.54, 1.807) is 0 Å². The minimum Gasteiger partial charge on any atom is -0.237 e. The Hall–Kier alpha value is -0.210. The lowest BCUT2D eigenvalue weighted by atomic mass is 9.43. The minimum atomic E-state index is -3.15. The molecule has 0 aromatic rings. The topological polar surface area (TPSA) is 0 Å². The fourth-order valence-corrected chi connectivity index (χ4v) is 8.02. The van der Waals surface area contributed by atoms with Crippen molar-refractivity contribution in [3.63, 3.8) is 0 Å². The second-order valence-electron chi connectivity index (χ2n) is 9.94. The van der Waals surface area contributed by atoms with Crippen LogP contribution in [0, 0.1) is 34.5 Å². The maximum Gasteiger partial charge on any atom is 0.282 e. The fraction of sp³-hybridized carbons (Fsp3) is 1.00. The summed E-state index contributed by atoms with van der Waals surface area (Å²) < 4.78 is 46.0. The van der Waals surface area contributed by atoms with E-state index in [0.29, 0.717) is 24.7 Å². The van der Waals surface area contributed by atoms with Crippen molar-refractivity contribution >= 4 is 0 Å². The molecule has 4 rings (SSSR count). The molecule has 0 amide bonds. The van der Waals surface area contributed by atoms with E-state index >= 15 is 13.2 Å². The van der Waals surface area contributed by atoms with Crippen LogP contribution in [0.2, 0.25) is 0 Å². The molecule has 4 saturated carbocycles. The molecule has 4 aliphatic rings. The Morgan fingerprint density at radius 3 is 2.29 bits per heavy atom. The number of hydrogen-bond donors (Lipinski definition) is 0. The van der Waals surface area contributed by atoms with Crippen LogP contribution >= 0.6 is 0 Å². The molecule has 24 heavy (non-hydrogen) atoms. The number of halogens is 3. The van der Waals surface area contributed by atoms with E-state index in [-0.39, 0.29) is 30.1 Å². The Labute approximate surface area is 145 Å². The lowest BCUT2D eigenvalue weighted by Gasteiger charge is -2.64. The highest BCUT2D eigenvalue weighted by Crippen LogP contribution is 2.72. The molecule has 0 nitrogen and oxygen atoms in total. The minimum absolute atomic E-state index is 0.0299. The summed E-state index contributed by atoms with van der Waals surface area (Å²) in [6.07, 6.45) is 7.58. The Kier molecular flexibility index (Phi) is 3.70. The van der Waals surface area contributed by atoms with Crippen molar-refractivity contribution in [2.24, 2.45) is 34.5 Å². The second-order valence-corrected chi connectivity index (χ2v) is 9.94. The van der Waals surface area contributed by atoms with Crippen LogP contribution < -0.4 is 0 Å². The van der Waals surface area contributed by atoms with Crippen molar-refractivity contribution in [1.29, 1.82) is 0 Å². The molecule has 0 aliphatic heterocycles. The average Bonchev–Trinajstić information content (AvgIpc) is 2.86. The first-order valence-electron chi connectivity index (χ1n) is 10.3. The summed E-state index contributed by atoms with van der Waals surface area (Å²) in [5, 5.41) is 0. The van der Waals surface area contributed by atoms with Gasteiger partial charge in [-0.2, -0.15) is 0 Å². The first-order chi connectivity index (χ1) is 11.2. The van der Waals surface area contributed by atoms with Crippen LogP contribution in [-0.4, -0.2) is 11.6 Å². The van der Waals surface area contributed by atoms with Gasteiger partial charge in [0, 0.05) is 11.8 Å². The summed E-state index contributed by atoms with van der Waals surface area (Å²) in [6, 6.07) is 0. The van der Waals surface area contributed by atoms with E-state index in [0.717, 1.165) is 32.1 Å². The van der Waals surface area contributed by atoms with Crippen molar-refractivity contribution in [3.8, 4) is 0 Å². The zero-order valence-electron chi connectivity index (χ0n) is 15.5. The third-order valence-corrected chi connectivity index (χ3v) is 9.39. The van der Waals surface area contributed by atoms with Crippen molar-refractivity contribution in [3.05, 3.63) is 0 Å². The van der Waals surface area contributed by atoms with Gasteiger partial charge in [0.15, 0.2) is 5.67 Å². The van der Waals surface area contributed by atoms with Gasteiger partial charge in [-0.15, -0.1) is 0 Å². The summed E-state index contributed by atoms with van der Waals surface area (Å²) in [6.45, 7) is 6.48. The van der Waals surface area contributed by atoms with E-state index in [1.807, 2.05) is 6.92 Å². The smallest absolute Gasteiger partial charge is 0.237 e. The molecular weight excluding hydrogens is 309 g/mol. The van der Waals surface area contributed by atoms with Crippen LogP contribution in [-0.2, 0) is 0 Å². The standard InChI is InChI=1S/C21H33F3/c1-4-14-7-8-16-15-13-21(23,24)20(22)11-6-5-10-19(20,3)17(15)9-12-18(14,16)2/h14-17H,4-13H2,1-3H3/t14-,15-,16-,17-,18+,19+,20?/m0/s1. The summed E-state index contributed by atoms with van der Waals surface area (Å²) in [4.78, 5) is 0. The molecule has 1 unspecified atom stereocenters. The predicted molar refractivity (Wildman–Crippen MR) is 90.8 cm³/mol. The van der Waals surface area contributed by atoms with Gasteiger partial charge in [-0.1, -0.05) is 33.6 Å². The molecule has 0 heterocycles. The molecule has 3 heteroatoms. The molecule has 4 fully saturated rings. The van der Waals surface area contributed by atoms with Crippen molar-refractivity contribution in [1.82, 2.24) is 0 Å². The summed E-state index contributed by atoms with van der Waals surface area (Å²) in [5.41, 5.74) is -2.87. The van der Waals surface area contributed by atoms with Gasteiger partial charge in [0.25, 0.3) is 5.92 Å². The number of rotatable bonds is 1. The number of alkyl halides is 3. The maximum absolute atomic E-state index is 15.8. The maximum atomic E-state index is 15.8. The predicted octanol–water partition coefficient (Wildman–Crippen LogP) is 6.78. The van der Waals surface area contributed by atoms with Crippen LogP contribution in [0.3, 0.4) is 0 Å². The summed E-state index contributed by atoms with van der Waals surface area (Å²) in [5.74, 6) is -1.90. The molecule has 0 saturated heterocycles. The Bertz CT molecular complexity index is 517. The second kappa shape index (κ2) is 5.16.